The topological polar surface area (TPSA) is 96.0 Å². The number of nitrogens with zero attached hydrogens (tertiary/aromatic N) is 2. The molecule has 2 aromatic carbocycles. The number of rotatable bonds is 11. The largest absolute Gasteiger partial charge is 0.497 e. The zero-order valence-electron chi connectivity index (χ0n) is 20.1. The first-order valence-electron chi connectivity index (χ1n) is 10.9. The summed E-state index contributed by atoms with van der Waals surface area (Å²) in [5, 5.41) is 2.90. The fourth-order valence-corrected chi connectivity index (χ4v) is 4.41. The third-order valence-electron chi connectivity index (χ3n) is 5.47. The first kappa shape index (κ1) is 27.9. The summed E-state index contributed by atoms with van der Waals surface area (Å²) in [7, 11) is -2.18. The summed E-state index contributed by atoms with van der Waals surface area (Å²) >= 11 is 2.13. The van der Waals surface area contributed by atoms with Crippen molar-refractivity contribution in [2.45, 2.75) is 45.8 Å². The Hall–Kier alpha value is -2.34. The lowest BCUT2D eigenvalue weighted by molar-refractivity contribution is -0.139. The summed E-state index contributed by atoms with van der Waals surface area (Å²) in [6.07, 6.45) is 1.81. The van der Waals surface area contributed by atoms with E-state index in [1.807, 2.05) is 26.0 Å². The molecule has 0 aliphatic rings. The maximum absolute atomic E-state index is 13.5. The molecule has 2 aromatic rings. The van der Waals surface area contributed by atoms with Gasteiger partial charge in [-0.25, -0.2) is 8.42 Å². The fourth-order valence-electron chi connectivity index (χ4n) is 3.20. The Bertz CT molecular complexity index is 1070. The molecule has 0 unspecified atom stereocenters. The molecule has 1 N–H and O–H groups in total. The van der Waals surface area contributed by atoms with Crippen LogP contribution in [-0.2, 0) is 26.2 Å². The van der Waals surface area contributed by atoms with Gasteiger partial charge in [-0.15, -0.1) is 0 Å². The minimum atomic E-state index is -3.74. The third kappa shape index (κ3) is 7.86. The smallest absolute Gasteiger partial charge is 0.244 e. The van der Waals surface area contributed by atoms with Crippen molar-refractivity contribution in [2.24, 2.45) is 0 Å². The van der Waals surface area contributed by atoms with Crippen molar-refractivity contribution in [3.8, 4) is 5.75 Å². The van der Waals surface area contributed by atoms with E-state index in [1.165, 1.54) is 4.90 Å². The van der Waals surface area contributed by atoms with Gasteiger partial charge in [0.05, 0.1) is 19.1 Å². The Kier molecular flexibility index (Phi) is 10.2. The van der Waals surface area contributed by atoms with E-state index >= 15 is 0 Å². The second-order valence-corrected chi connectivity index (χ2v) is 11.3. The number of methoxy groups -OCH3 is 1. The molecule has 10 heteroatoms. The van der Waals surface area contributed by atoms with Crippen molar-refractivity contribution in [1.82, 2.24) is 10.2 Å². The first-order chi connectivity index (χ1) is 16.0. The average molecular weight is 602 g/mol. The molecule has 0 aliphatic carbocycles. The molecule has 186 valence electrons. The van der Waals surface area contributed by atoms with Gasteiger partial charge in [0.25, 0.3) is 0 Å². The first-order valence-corrected chi connectivity index (χ1v) is 13.8. The highest BCUT2D eigenvalue weighted by Gasteiger charge is 2.30. The van der Waals surface area contributed by atoms with Crippen LogP contribution in [0.4, 0.5) is 5.69 Å². The molecular weight excluding hydrogens is 569 g/mol. The number of nitrogens with one attached hydrogen (secondary N) is 1. The zero-order valence-corrected chi connectivity index (χ0v) is 23.1. The molecule has 0 bridgehead atoms. The molecule has 0 spiro atoms. The highest BCUT2D eigenvalue weighted by molar-refractivity contribution is 14.1. The molecule has 0 saturated heterocycles. The van der Waals surface area contributed by atoms with E-state index in [0.29, 0.717) is 11.4 Å². The summed E-state index contributed by atoms with van der Waals surface area (Å²) < 4.78 is 32.3. The van der Waals surface area contributed by atoms with E-state index in [9.17, 15) is 18.0 Å². The highest BCUT2D eigenvalue weighted by atomic mass is 127. The van der Waals surface area contributed by atoms with Crippen LogP contribution in [0.1, 0.15) is 32.8 Å². The van der Waals surface area contributed by atoms with Crippen molar-refractivity contribution < 1.29 is 22.7 Å². The van der Waals surface area contributed by atoms with Crippen molar-refractivity contribution in [1.29, 1.82) is 0 Å². The Morgan fingerprint density at radius 1 is 1.06 bits per heavy atom. The molecular formula is C24H32IN3O5S. The van der Waals surface area contributed by atoms with Crippen LogP contribution in [0, 0.1) is 3.57 Å². The number of sulfonamides is 1. The molecule has 0 saturated carbocycles. The van der Waals surface area contributed by atoms with Crippen molar-refractivity contribution in [3.63, 3.8) is 0 Å². The number of carbonyl (C=O) groups is 2. The normalized spacial score (nSPS) is 13.0. The van der Waals surface area contributed by atoms with Crippen molar-refractivity contribution >= 4 is 50.1 Å². The van der Waals surface area contributed by atoms with E-state index in [-0.39, 0.29) is 18.5 Å². The van der Waals surface area contributed by atoms with Gasteiger partial charge in [-0.05, 0) is 84.8 Å². The van der Waals surface area contributed by atoms with Crippen LogP contribution in [0.5, 0.6) is 5.75 Å². The average Bonchev–Trinajstić information content (AvgIpc) is 2.80. The number of amides is 2. The van der Waals surface area contributed by atoms with Crippen LogP contribution >= 0.6 is 22.6 Å². The SMILES string of the molecule is CC[C@H](C)NC(=O)[C@@H](C)N(Cc1ccc(OC)cc1)C(=O)CN(c1ccc(I)cc1)S(C)(=O)=O. The van der Waals surface area contributed by atoms with Gasteiger partial charge >= 0.3 is 0 Å². The number of benzene rings is 2. The summed E-state index contributed by atoms with van der Waals surface area (Å²) in [6, 6.07) is 13.2. The van der Waals surface area contributed by atoms with Crippen LogP contribution < -0.4 is 14.4 Å². The molecule has 0 aromatic heterocycles. The van der Waals surface area contributed by atoms with Crippen LogP contribution in [-0.4, -0.2) is 57.1 Å². The predicted molar refractivity (Wildman–Crippen MR) is 142 cm³/mol. The minimum absolute atomic E-state index is 0.0489. The maximum atomic E-state index is 13.5. The summed E-state index contributed by atoms with van der Waals surface area (Å²) in [5.41, 5.74) is 1.18. The summed E-state index contributed by atoms with van der Waals surface area (Å²) in [6.45, 7) is 5.22. The monoisotopic (exact) mass is 601 g/mol. The molecule has 34 heavy (non-hydrogen) atoms. The second kappa shape index (κ2) is 12.4. The highest BCUT2D eigenvalue weighted by Crippen LogP contribution is 2.21. The number of hydrogen-bond acceptors (Lipinski definition) is 5. The van der Waals surface area contributed by atoms with Crippen molar-refractivity contribution in [3.05, 3.63) is 57.7 Å². The molecule has 0 radical (unpaired) electrons. The predicted octanol–water partition coefficient (Wildman–Crippen LogP) is 3.40. The van der Waals surface area contributed by atoms with Gasteiger partial charge in [0, 0.05) is 16.2 Å². The Labute approximate surface area is 215 Å². The van der Waals surface area contributed by atoms with Crippen LogP contribution in [0.15, 0.2) is 48.5 Å². The minimum Gasteiger partial charge on any atom is -0.497 e. The number of carbonyl (C=O) groups excluding carboxylic acids is 2. The number of halogens is 1. The zero-order chi connectivity index (χ0) is 25.5. The van der Waals surface area contributed by atoms with Crippen LogP contribution in [0.2, 0.25) is 0 Å². The summed E-state index contributed by atoms with van der Waals surface area (Å²) in [4.78, 5) is 27.8. The molecule has 2 atom stereocenters. The molecule has 0 heterocycles. The molecule has 0 fully saturated rings. The standard InChI is InChI=1S/C24H32IN3O5S/c1-6-17(2)26-24(30)18(3)27(15-19-7-13-22(33-4)14-8-19)23(29)16-28(34(5,31)32)21-11-9-20(25)10-12-21/h7-14,17-18H,6,15-16H2,1-5H3,(H,26,30)/t17-,18+/m0/s1. The van der Waals surface area contributed by atoms with Gasteiger partial charge in [-0.1, -0.05) is 19.1 Å². The summed E-state index contributed by atoms with van der Waals surface area (Å²) in [5.74, 6) is -0.103. The van der Waals surface area contributed by atoms with Crippen LogP contribution in [0.3, 0.4) is 0 Å². The lowest BCUT2D eigenvalue weighted by Gasteiger charge is -2.32. The molecule has 8 nitrogen and oxygen atoms in total. The maximum Gasteiger partial charge on any atom is 0.244 e. The van der Waals surface area contributed by atoms with E-state index in [1.54, 1.807) is 50.4 Å². The van der Waals surface area contributed by atoms with Gasteiger partial charge < -0.3 is 15.0 Å². The quantitative estimate of drug-likeness (QED) is 0.399. The number of anilines is 1. The fraction of sp³-hybridized carbons (Fsp3) is 0.417. The van der Waals surface area contributed by atoms with Gasteiger partial charge in [0.1, 0.15) is 18.3 Å². The third-order valence-corrected chi connectivity index (χ3v) is 7.33. The second-order valence-electron chi connectivity index (χ2n) is 8.11. The van der Waals surface area contributed by atoms with Crippen molar-refractivity contribution in [2.75, 3.05) is 24.2 Å². The number of hydrogen-bond donors (Lipinski definition) is 1. The van der Waals surface area contributed by atoms with E-state index in [0.717, 1.165) is 26.1 Å². The molecule has 2 rings (SSSR count). The van der Waals surface area contributed by atoms with E-state index < -0.39 is 28.5 Å². The van der Waals surface area contributed by atoms with Gasteiger partial charge in [-0.2, -0.15) is 0 Å². The van der Waals surface area contributed by atoms with E-state index in [4.69, 9.17) is 4.74 Å². The van der Waals surface area contributed by atoms with Gasteiger partial charge in [0.15, 0.2) is 0 Å². The molecule has 2 amide bonds. The Balaban J connectivity index is 2.36. The number of ether oxygens (including phenoxy) is 1. The van der Waals surface area contributed by atoms with E-state index in [2.05, 4.69) is 27.9 Å². The lowest BCUT2D eigenvalue weighted by atomic mass is 10.1. The lowest BCUT2D eigenvalue weighted by Crippen LogP contribution is -2.52. The Morgan fingerprint density at radius 3 is 2.15 bits per heavy atom. The Morgan fingerprint density at radius 2 is 1.65 bits per heavy atom. The molecule has 0 aliphatic heterocycles. The van der Waals surface area contributed by atoms with Gasteiger partial charge in [0.2, 0.25) is 21.8 Å². The van der Waals surface area contributed by atoms with Crippen LogP contribution in [0.25, 0.3) is 0 Å². The van der Waals surface area contributed by atoms with Gasteiger partial charge in [-0.3, -0.25) is 13.9 Å².